The van der Waals surface area contributed by atoms with Crippen molar-refractivity contribution in [1.29, 1.82) is 0 Å². The predicted octanol–water partition coefficient (Wildman–Crippen LogP) is 4.83. The highest BCUT2D eigenvalue weighted by atomic mass is 32.1. The summed E-state index contributed by atoms with van der Waals surface area (Å²) in [7, 11) is 1.64. The van der Waals surface area contributed by atoms with Crippen LogP contribution in [0.25, 0.3) is 17.0 Å². The predicted molar refractivity (Wildman–Crippen MR) is 127 cm³/mol. The molecule has 1 aliphatic rings. The maximum atomic E-state index is 5.74. The van der Waals surface area contributed by atoms with Gasteiger partial charge in [0.05, 0.1) is 25.3 Å². The molecule has 0 spiro atoms. The SMILES string of the molecule is CCOc1ccc(C2NC(=S)N(CC)C(C)=C2c2nc(-c3ccc(OC)cc3)no2)cc1. The van der Waals surface area contributed by atoms with Crippen molar-refractivity contribution in [2.75, 3.05) is 20.3 Å². The molecule has 7 nitrogen and oxygen atoms in total. The number of ether oxygens (including phenoxy) is 2. The maximum Gasteiger partial charge on any atom is 0.258 e. The van der Waals surface area contributed by atoms with E-state index in [-0.39, 0.29) is 6.04 Å². The van der Waals surface area contributed by atoms with E-state index < -0.39 is 0 Å². The van der Waals surface area contributed by atoms with Crippen LogP contribution in [0.2, 0.25) is 0 Å². The van der Waals surface area contributed by atoms with E-state index >= 15 is 0 Å². The first kappa shape index (κ1) is 21.8. The molecule has 1 aromatic heterocycles. The molecule has 1 aliphatic heterocycles. The zero-order chi connectivity index (χ0) is 22.7. The van der Waals surface area contributed by atoms with Gasteiger partial charge in [0, 0.05) is 17.8 Å². The van der Waals surface area contributed by atoms with Gasteiger partial charge in [-0.05, 0) is 75.0 Å². The van der Waals surface area contributed by atoms with Crippen LogP contribution < -0.4 is 14.8 Å². The number of nitrogens with one attached hydrogen (secondary N) is 1. The third-order valence-electron chi connectivity index (χ3n) is 5.44. The zero-order valence-electron chi connectivity index (χ0n) is 18.6. The van der Waals surface area contributed by atoms with Gasteiger partial charge in [0.15, 0.2) is 5.11 Å². The van der Waals surface area contributed by atoms with Crippen LogP contribution >= 0.6 is 12.2 Å². The highest BCUT2D eigenvalue weighted by Gasteiger charge is 2.33. The number of hydrogen-bond donors (Lipinski definition) is 1. The molecule has 1 unspecified atom stereocenters. The summed E-state index contributed by atoms with van der Waals surface area (Å²) in [4.78, 5) is 6.75. The van der Waals surface area contributed by atoms with Crippen molar-refractivity contribution < 1.29 is 14.0 Å². The van der Waals surface area contributed by atoms with Gasteiger partial charge in [-0.25, -0.2) is 0 Å². The Labute approximate surface area is 193 Å². The maximum absolute atomic E-state index is 5.74. The average Bonchev–Trinajstić information content (AvgIpc) is 3.29. The number of benzene rings is 2. The van der Waals surface area contributed by atoms with Crippen LogP contribution in [0.5, 0.6) is 11.5 Å². The van der Waals surface area contributed by atoms with Crippen molar-refractivity contribution >= 4 is 22.9 Å². The lowest BCUT2D eigenvalue weighted by Crippen LogP contribution is -2.45. The Morgan fingerprint density at radius 2 is 1.75 bits per heavy atom. The van der Waals surface area contributed by atoms with Crippen LogP contribution in [0.15, 0.2) is 58.8 Å². The fourth-order valence-corrected chi connectivity index (χ4v) is 4.19. The van der Waals surface area contributed by atoms with Gasteiger partial charge in [-0.2, -0.15) is 4.98 Å². The van der Waals surface area contributed by atoms with Crippen molar-refractivity contribution in [1.82, 2.24) is 20.4 Å². The first-order chi connectivity index (χ1) is 15.5. The number of aromatic nitrogens is 2. The second kappa shape index (κ2) is 9.40. The summed E-state index contributed by atoms with van der Waals surface area (Å²) in [5.74, 6) is 2.58. The Morgan fingerprint density at radius 3 is 2.38 bits per heavy atom. The average molecular weight is 451 g/mol. The molecular weight excluding hydrogens is 424 g/mol. The Hall–Kier alpha value is -3.39. The summed E-state index contributed by atoms with van der Waals surface area (Å²) >= 11 is 5.63. The minimum atomic E-state index is -0.217. The summed E-state index contributed by atoms with van der Waals surface area (Å²) in [5, 5.41) is 8.34. The third-order valence-corrected chi connectivity index (χ3v) is 5.78. The van der Waals surface area contributed by atoms with Gasteiger partial charge < -0.3 is 24.2 Å². The molecule has 0 radical (unpaired) electrons. The topological polar surface area (TPSA) is 72.7 Å². The molecule has 0 bridgehead atoms. The van der Waals surface area contributed by atoms with Crippen molar-refractivity contribution in [2.45, 2.75) is 26.8 Å². The van der Waals surface area contributed by atoms with Gasteiger partial charge in [0.25, 0.3) is 5.89 Å². The lowest BCUT2D eigenvalue weighted by molar-refractivity contribution is 0.340. The normalized spacial score (nSPS) is 16.2. The van der Waals surface area contributed by atoms with Gasteiger partial charge >= 0.3 is 0 Å². The lowest BCUT2D eigenvalue weighted by Gasteiger charge is -2.36. The second-order valence-electron chi connectivity index (χ2n) is 7.28. The largest absolute Gasteiger partial charge is 0.497 e. The summed E-state index contributed by atoms with van der Waals surface area (Å²) in [6, 6.07) is 15.3. The van der Waals surface area contributed by atoms with E-state index in [2.05, 4.69) is 17.4 Å². The fraction of sp³-hybridized carbons (Fsp3) is 0.292. The van der Waals surface area contributed by atoms with E-state index in [1.54, 1.807) is 7.11 Å². The van der Waals surface area contributed by atoms with E-state index in [4.69, 9.17) is 31.2 Å². The third kappa shape index (κ3) is 4.18. The van der Waals surface area contributed by atoms with Crippen LogP contribution in [0, 0.1) is 0 Å². The molecule has 32 heavy (non-hydrogen) atoms. The lowest BCUT2D eigenvalue weighted by atomic mass is 9.94. The van der Waals surface area contributed by atoms with E-state index in [1.807, 2.05) is 67.3 Å². The van der Waals surface area contributed by atoms with Gasteiger partial charge in [-0.3, -0.25) is 0 Å². The Kier molecular flexibility index (Phi) is 6.41. The molecule has 0 fully saturated rings. The first-order valence-electron chi connectivity index (χ1n) is 10.6. The number of hydrogen-bond acceptors (Lipinski definition) is 6. The van der Waals surface area contributed by atoms with Crippen LogP contribution in [0.4, 0.5) is 0 Å². The number of nitrogens with zero attached hydrogens (tertiary/aromatic N) is 3. The number of allylic oxidation sites excluding steroid dienone is 1. The summed E-state index contributed by atoms with van der Waals surface area (Å²) in [5.41, 5.74) is 3.77. The monoisotopic (exact) mass is 450 g/mol. The van der Waals surface area contributed by atoms with Crippen molar-refractivity contribution in [2.24, 2.45) is 0 Å². The molecule has 1 N–H and O–H groups in total. The number of rotatable bonds is 7. The minimum absolute atomic E-state index is 0.217. The molecule has 2 aromatic carbocycles. The summed E-state index contributed by atoms with van der Waals surface area (Å²) < 4.78 is 16.6. The molecule has 3 aromatic rings. The van der Waals surface area contributed by atoms with Crippen LogP contribution in [0.3, 0.4) is 0 Å². The van der Waals surface area contributed by atoms with Crippen LogP contribution in [0.1, 0.15) is 38.3 Å². The smallest absolute Gasteiger partial charge is 0.258 e. The number of thiocarbonyl (C=S) groups is 1. The van der Waals surface area contributed by atoms with Crippen molar-refractivity contribution in [3.8, 4) is 22.9 Å². The first-order valence-corrected chi connectivity index (χ1v) is 11.0. The quantitative estimate of drug-likeness (QED) is 0.514. The molecule has 0 saturated heterocycles. The molecule has 166 valence electrons. The highest BCUT2D eigenvalue weighted by Crippen LogP contribution is 2.37. The Balaban J connectivity index is 1.74. The van der Waals surface area contributed by atoms with Crippen molar-refractivity contribution in [3.05, 3.63) is 65.7 Å². The summed E-state index contributed by atoms with van der Waals surface area (Å²) in [6.45, 7) is 7.41. The molecule has 0 saturated carbocycles. The van der Waals surface area contributed by atoms with E-state index in [1.165, 1.54) is 0 Å². The van der Waals surface area contributed by atoms with Gasteiger partial charge in [-0.1, -0.05) is 17.3 Å². The van der Waals surface area contributed by atoms with Gasteiger partial charge in [0.2, 0.25) is 5.82 Å². The van der Waals surface area contributed by atoms with E-state index in [9.17, 15) is 0 Å². The van der Waals surface area contributed by atoms with Gasteiger partial charge in [0.1, 0.15) is 11.5 Å². The van der Waals surface area contributed by atoms with Crippen LogP contribution in [-0.4, -0.2) is 40.4 Å². The number of methoxy groups -OCH3 is 1. The molecule has 8 heteroatoms. The van der Waals surface area contributed by atoms with Gasteiger partial charge in [-0.15, -0.1) is 0 Å². The Bertz CT molecular complexity index is 1120. The molecule has 0 amide bonds. The molecular formula is C24H26N4O3S. The highest BCUT2D eigenvalue weighted by molar-refractivity contribution is 7.80. The minimum Gasteiger partial charge on any atom is -0.497 e. The molecule has 1 atom stereocenters. The second-order valence-corrected chi connectivity index (χ2v) is 7.67. The van der Waals surface area contributed by atoms with E-state index in [0.29, 0.717) is 23.4 Å². The molecule has 2 heterocycles. The van der Waals surface area contributed by atoms with E-state index in [0.717, 1.165) is 40.4 Å². The van der Waals surface area contributed by atoms with Crippen molar-refractivity contribution in [3.63, 3.8) is 0 Å². The molecule has 4 rings (SSSR count). The fourth-order valence-electron chi connectivity index (χ4n) is 3.80. The molecule has 0 aliphatic carbocycles. The Morgan fingerprint density at radius 1 is 1.06 bits per heavy atom. The standard InChI is InChI=1S/C24H26N4O3S/c1-5-28-15(3)20(21(25-24(28)32)16-7-13-19(14-8-16)30-6-2)23-26-22(27-31-23)17-9-11-18(29-4)12-10-17/h7-14,21H,5-6H2,1-4H3,(H,25,32). The van der Waals surface area contributed by atoms with Crippen LogP contribution in [-0.2, 0) is 0 Å². The summed E-state index contributed by atoms with van der Waals surface area (Å²) in [6.07, 6.45) is 0. The zero-order valence-corrected chi connectivity index (χ0v) is 19.4.